The van der Waals surface area contributed by atoms with Crippen LogP contribution >= 0.6 is 0 Å². The van der Waals surface area contributed by atoms with Crippen LogP contribution in [0.2, 0.25) is 0 Å². The molecular weight excluding hydrogens is 260 g/mol. The molecule has 0 saturated heterocycles. The summed E-state index contributed by atoms with van der Waals surface area (Å²) in [5.74, 6) is 1.30. The first kappa shape index (κ1) is 12.1. The van der Waals surface area contributed by atoms with E-state index < -0.39 is 0 Å². The molecule has 8 heteroatoms. The van der Waals surface area contributed by atoms with E-state index in [0.29, 0.717) is 28.7 Å². The summed E-state index contributed by atoms with van der Waals surface area (Å²) < 4.78 is 11.8. The van der Waals surface area contributed by atoms with E-state index in [4.69, 9.17) is 14.3 Å². The number of rotatable bonds is 3. The minimum atomic E-state index is 0.257. The van der Waals surface area contributed by atoms with Crippen molar-refractivity contribution >= 4 is 0 Å². The zero-order chi connectivity index (χ0) is 14.1. The molecule has 0 aliphatic rings. The average molecular weight is 270 g/mol. The second kappa shape index (κ2) is 4.62. The highest BCUT2D eigenvalue weighted by molar-refractivity contribution is 5.51. The highest BCUT2D eigenvalue weighted by Crippen LogP contribution is 2.18. The fraction of sp³-hybridized carbons (Fsp3) is 0.250. The Kier molecular flexibility index (Phi) is 2.80. The molecule has 20 heavy (non-hydrogen) atoms. The van der Waals surface area contributed by atoms with E-state index in [9.17, 15) is 0 Å². The maximum Gasteiger partial charge on any atom is 0.233 e. The number of nitriles is 1. The minimum Gasteiger partial charge on any atom is -0.360 e. The first-order valence-electron chi connectivity index (χ1n) is 5.84. The summed E-state index contributed by atoms with van der Waals surface area (Å²) in [7, 11) is 1.81. The zero-order valence-electron chi connectivity index (χ0n) is 10.9. The lowest BCUT2D eigenvalue weighted by Crippen LogP contribution is -1.92. The number of aryl methyl sites for hydroxylation is 2. The van der Waals surface area contributed by atoms with E-state index in [0.717, 1.165) is 5.56 Å². The third kappa shape index (κ3) is 2.05. The van der Waals surface area contributed by atoms with Crippen LogP contribution in [0.4, 0.5) is 0 Å². The maximum atomic E-state index is 9.02. The molecule has 0 spiro atoms. The van der Waals surface area contributed by atoms with Crippen molar-refractivity contribution < 1.29 is 9.05 Å². The molecule has 0 aliphatic carbocycles. The second-order valence-electron chi connectivity index (χ2n) is 4.26. The molecule has 0 aromatic carbocycles. The fourth-order valence-electron chi connectivity index (χ4n) is 1.81. The first-order valence-corrected chi connectivity index (χ1v) is 5.84. The van der Waals surface area contributed by atoms with Gasteiger partial charge in [0, 0.05) is 13.2 Å². The van der Waals surface area contributed by atoms with Gasteiger partial charge in [-0.1, -0.05) is 10.3 Å². The lowest BCUT2D eigenvalue weighted by Gasteiger charge is -1.88. The van der Waals surface area contributed by atoms with E-state index in [1.165, 1.54) is 0 Å². The van der Waals surface area contributed by atoms with Gasteiger partial charge in [-0.2, -0.15) is 15.3 Å². The van der Waals surface area contributed by atoms with Gasteiger partial charge in [0.15, 0.2) is 5.76 Å². The van der Waals surface area contributed by atoms with Gasteiger partial charge in [-0.25, -0.2) is 0 Å². The van der Waals surface area contributed by atoms with E-state index in [-0.39, 0.29) is 6.42 Å². The average Bonchev–Trinajstić information content (AvgIpc) is 3.11. The van der Waals surface area contributed by atoms with Gasteiger partial charge >= 0.3 is 0 Å². The smallest absolute Gasteiger partial charge is 0.233 e. The molecule has 0 saturated carbocycles. The van der Waals surface area contributed by atoms with Crippen molar-refractivity contribution in [3.8, 4) is 17.5 Å². The normalized spacial score (nSPS) is 10.7. The van der Waals surface area contributed by atoms with Crippen LogP contribution in [0, 0.1) is 18.3 Å². The molecule has 0 atom stereocenters. The number of nitrogens with zero attached hydrogens (tertiary/aromatic N) is 6. The van der Waals surface area contributed by atoms with Crippen molar-refractivity contribution in [1.82, 2.24) is 25.1 Å². The SMILES string of the molecule is Cc1onc(Cc2nc(-c3cnn(C)c3)no2)c1C#N. The molecule has 3 aromatic heterocycles. The predicted octanol–water partition coefficient (Wildman–Crippen LogP) is 1.23. The molecule has 3 heterocycles. The van der Waals surface area contributed by atoms with Crippen LogP contribution in [0.25, 0.3) is 11.4 Å². The van der Waals surface area contributed by atoms with Crippen molar-refractivity contribution in [1.29, 1.82) is 5.26 Å². The third-order valence-electron chi connectivity index (χ3n) is 2.80. The van der Waals surface area contributed by atoms with Gasteiger partial charge in [0.25, 0.3) is 0 Å². The Hall–Kier alpha value is -2.95. The van der Waals surface area contributed by atoms with Gasteiger partial charge in [0.1, 0.15) is 17.3 Å². The van der Waals surface area contributed by atoms with E-state index >= 15 is 0 Å². The lowest BCUT2D eigenvalue weighted by atomic mass is 10.2. The van der Waals surface area contributed by atoms with Gasteiger partial charge in [0.2, 0.25) is 11.7 Å². The van der Waals surface area contributed by atoms with Gasteiger partial charge < -0.3 is 9.05 Å². The molecule has 0 unspecified atom stereocenters. The van der Waals surface area contributed by atoms with E-state index in [1.807, 2.05) is 13.1 Å². The largest absolute Gasteiger partial charge is 0.360 e. The first-order chi connectivity index (χ1) is 9.67. The fourth-order valence-corrected chi connectivity index (χ4v) is 1.81. The van der Waals surface area contributed by atoms with Gasteiger partial charge in [0.05, 0.1) is 18.2 Å². The van der Waals surface area contributed by atoms with Crippen molar-refractivity contribution in [2.45, 2.75) is 13.3 Å². The summed E-state index contributed by atoms with van der Waals surface area (Å²) >= 11 is 0. The summed E-state index contributed by atoms with van der Waals surface area (Å²) in [5, 5.41) is 20.8. The summed E-state index contributed by atoms with van der Waals surface area (Å²) in [6.07, 6.45) is 3.69. The van der Waals surface area contributed by atoms with Gasteiger partial charge in [-0.3, -0.25) is 4.68 Å². The van der Waals surface area contributed by atoms with Crippen LogP contribution < -0.4 is 0 Å². The Balaban J connectivity index is 1.86. The van der Waals surface area contributed by atoms with Crippen molar-refractivity contribution in [3.63, 3.8) is 0 Å². The van der Waals surface area contributed by atoms with Crippen molar-refractivity contribution in [3.05, 3.63) is 35.3 Å². The van der Waals surface area contributed by atoms with Crippen LogP contribution in [-0.4, -0.2) is 25.1 Å². The van der Waals surface area contributed by atoms with E-state index in [1.54, 1.807) is 24.0 Å². The van der Waals surface area contributed by atoms with Gasteiger partial charge in [-0.05, 0) is 6.92 Å². The highest BCUT2D eigenvalue weighted by atomic mass is 16.5. The predicted molar refractivity (Wildman–Crippen MR) is 65.3 cm³/mol. The Bertz CT molecular complexity index is 791. The van der Waals surface area contributed by atoms with Crippen molar-refractivity contribution in [2.75, 3.05) is 0 Å². The Morgan fingerprint density at radius 3 is 2.90 bits per heavy atom. The summed E-state index contributed by atoms with van der Waals surface area (Å²) in [6, 6.07) is 2.05. The standard InChI is InChI=1S/C12H10N6O2/c1-7-9(4-13)10(16-19-7)3-11-15-12(17-20-11)8-5-14-18(2)6-8/h5-6H,3H2,1-2H3. The zero-order valence-corrected chi connectivity index (χ0v) is 10.9. The maximum absolute atomic E-state index is 9.02. The highest BCUT2D eigenvalue weighted by Gasteiger charge is 2.17. The van der Waals surface area contributed by atoms with Crippen LogP contribution in [0.3, 0.4) is 0 Å². The van der Waals surface area contributed by atoms with Crippen LogP contribution in [-0.2, 0) is 13.5 Å². The Morgan fingerprint density at radius 2 is 2.20 bits per heavy atom. The van der Waals surface area contributed by atoms with Crippen LogP contribution in [0.1, 0.15) is 22.9 Å². The van der Waals surface area contributed by atoms with Crippen molar-refractivity contribution in [2.24, 2.45) is 7.05 Å². The molecule has 0 radical (unpaired) electrons. The van der Waals surface area contributed by atoms with Crippen LogP contribution in [0.5, 0.6) is 0 Å². The summed E-state index contributed by atoms with van der Waals surface area (Å²) in [4.78, 5) is 4.25. The second-order valence-corrected chi connectivity index (χ2v) is 4.26. The molecule has 8 nitrogen and oxygen atoms in total. The molecule has 0 bridgehead atoms. The summed E-state index contributed by atoms with van der Waals surface area (Å²) in [6.45, 7) is 1.68. The van der Waals surface area contributed by atoms with Crippen LogP contribution in [0.15, 0.2) is 21.4 Å². The van der Waals surface area contributed by atoms with E-state index in [2.05, 4.69) is 20.4 Å². The molecule has 0 aliphatic heterocycles. The molecule has 0 amide bonds. The topological polar surface area (TPSA) is 107 Å². The Labute approximate surface area is 113 Å². The minimum absolute atomic E-state index is 0.257. The van der Waals surface area contributed by atoms with Gasteiger partial charge in [-0.15, -0.1) is 0 Å². The molecular formula is C12H10N6O2. The number of hydrogen-bond donors (Lipinski definition) is 0. The number of aromatic nitrogens is 5. The number of hydrogen-bond acceptors (Lipinski definition) is 7. The molecule has 0 N–H and O–H groups in total. The molecule has 3 aromatic rings. The monoisotopic (exact) mass is 270 g/mol. The Morgan fingerprint density at radius 1 is 1.35 bits per heavy atom. The third-order valence-corrected chi connectivity index (χ3v) is 2.80. The molecule has 100 valence electrons. The lowest BCUT2D eigenvalue weighted by molar-refractivity contribution is 0.371. The molecule has 0 fully saturated rings. The molecule has 3 rings (SSSR count). The summed E-state index contributed by atoms with van der Waals surface area (Å²) in [5.41, 5.74) is 1.66. The quantitative estimate of drug-likeness (QED) is 0.704.